The minimum atomic E-state index is 0.00373. The number of piperidine rings is 1. The maximum atomic E-state index is 12.1. The molecule has 0 aliphatic carbocycles. The highest BCUT2D eigenvalue weighted by molar-refractivity contribution is 9.10. The Bertz CT molecular complexity index is 464. The SMILES string of the molecule is CC(NC(=O)CN1CCCC(CO)C1)c1ccc(Br)cc1. The topological polar surface area (TPSA) is 52.6 Å². The number of carbonyl (C=O) groups is 1. The van der Waals surface area contributed by atoms with Gasteiger partial charge in [-0.15, -0.1) is 0 Å². The molecular formula is C16H23BrN2O2. The van der Waals surface area contributed by atoms with Crippen molar-refractivity contribution in [1.29, 1.82) is 0 Å². The van der Waals surface area contributed by atoms with E-state index >= 15 is 0 Å². The van der Waals surface area contributed by atoms with Crippen LogP contribution in [0.25, 0.3) is 0 Å². The molecule has 2 unspecified atom stereocenters. The van der Waals surface area contributed by atoms with Crippen molar-refractivity contribution in [3.05, 3.63) is 34.3 Å². The average molecular weight is 355 g/mol. The number of hydrogen-bond acceptors (Lipinski definition) is 3. The van der Waals surface area contributed by atoms with E-state index in [1.54, 1.807) is 0 Å². The van der Waals surface area contributed by atoms with Crippen LogP contribution < -0.4 is 5.32 Å². The Morgan fingerprint density at radius 3 is 2.86 bits per heavy atom. The molecule has 1 heterocycles. The summed E-state index contributed by atoms with van der Waals surface area (Å²) < 4.78 is 1.04. The van der Waals surface area contributed by atoms with Crippen LogP contribution in [0.1, 0.15) is 31.4 Å². The van der Waals surface area contributed by atoms with E-state index in [2.05, 4.69) is 26.1 Å². The summed E-state index contributed by atoms with van der Waals surface area (Å²) in [4.78, 5) is 14.3. The Hall–Kier alpha value is -0.910. The van der Waals surface area contributed by atoms with Crippen LogP contribution in [0.5, 0.6) is 0 Å². The maximum Gasteiger partial charge on any atom is 0.234 e. The van der Waals surface area contributed by atoms with E-state index in [0.29, 0.717) is 12.5 Å². The van der Waals surface area contributed by atoms with E-state index in [-0.39, 0.29) is 18.6 Å². The van der Waals surface area contributed by atoms with E-state index < -0.39 is 0 Å². The van der Waals surface area contributed by atoms with Gasteiger partial charge in [0.1, 0.15) is 0 Å². The summed E-state index contributed by atoms with van der Waals surface area (Å²) >= 11 is 3.41. The normalized spacial score (nSPS) is 21.0. The van der Waals surface area contributed by atoms with Crippen LogP contribution >= 0.6 is 15.9 Å². The first-order valence-electron chi connectivity index (χ1n) is 7.46. The lowest BCUT2D eigenvalue weighted by Gasteiger charge is -2.31. The van der Waals surface area contributed by atoms with Gasteiger partial charge in [0.25, 0.3) is 0 Å². The van der Waals surface area contributed by atoms with Gasteiger partial charge in [0.15, 0.2) is 0 Å². The minimum absolute atomic E-state index is 0.00373. The number of benzene rings is 1. The van der Waals surface area contributed by atoms with Crippen LogP contribution in [0, 0.1) is 5.92 Å². The number of nitrogens with one attached hydrogen (secondary N) is 1. The lowest BCUT2D eigenvalue weighted by molar-refractivity contribution is -0.123. The summed E-state index contributed by atoms with van der Waals surface area (Å²) in [5.74, 6) is 0.361. The molecule has 0 bridgehead atoms. The van der Waals surface area contributed by atoms with Gasteiger partial charge in [-0.05, 0) is 49.9 Å². The Kier molecular flexibility index (Phi) is 6.21. The van der Waals surface area contributed by atoms with Crippen LogP contribution in [-0.4, -0.2) is 42.2 Å². The molecule has 5 heteroatoms. The van der Waals surface area contributed by atoms with Gasteiger partial charge in [0, 0.05) is 17.6 Å². The first kappa shape index (κ1) is 16.5. The third kappa shape index (κ3) is 5.09. The molecular weight excluding hydrogens is 332 g/mol. The zero-order valence-electron chi connectivity index (χ0n) is 12.4. The highest BCUT2D eigenvalue weighted by atomic mass is 79.9. The van der Waals surface area contributed by atoms with Crippen molar-refractivity contribution in [2.45, 2.75) is 25.8 Å². The number of hydrogen-bond donors (Lipinski definition) is 2. The predicted octanol–water partition coefficient (Wildman–Crippen LogP) is 2.33. The van der Waals surface area contributed by atoms with E-state index in [4.69, 9.17) is 0 Å². The van der Waals surface area contributed by atoms with Crippen LogP contribution in [0.3, 0.4) is 0 Å². The Morgan fingerprint density at radius 2 is 2.19 bits per heavy atom. The molecule has 1 fully saturated rings. The molecule has 0 aromatic heterocycles. The van der Waals surface area contributed by atoms with E-state index in [1.165, 1.54) is 0 Å². The van der Waals surface area contributed by atoms with Crippen molar-refractivity contribution in [2.75, 3.05) is 26.2 Å². The average Bonchev–Trinajstić information content (AvgIpc) is 2.47. The van der Waals surface area contributed by atoms with E-state index in [9.17, 15) is 9.90 Å². The molecule has 116 valence electrons. The molecule has 2 N–H and O–H groups in total. The van der Waals surface area contributed by atoms with Gasteiger partial charge in [-0.1, -0.05) is 28.1 Å². The van der Waals surface area contributed by atoms with Crippen LogP contribution in [0.4, 0.5) is 0 Å². The number of aliphatic hydroxyl groups excluding tert-OH is 1. The van der Waals surface area contributed by atoms with Gasteiger partial charge in [-0.3, -0.25) is 9.69 Å². The lowest BCUT2D eigenvalue weighted by atomic mass is 9.99. The number of nitrogens with zero attached hydrogens (tertiary/aromatic N) is 1. The molecule has 1 amide bonds. The summed E-state index contributed by atoms with van der Waals surface area (Å²) in [6.07, 6.45) is 2.12. The van der Waals surface area contributed by atoms with Crippen molar-refractivity contribution < 1.29 is 9.90 Å². The van der Waals surface area contributed by atoms with Gasteiger partial charge in [-0.25, -0.2) is 0 Å². The largest absolute Gasteiger partial charge is 0.396 e. The van der Waals surface area contributed by atoms with Crippen molar-refractivity contribution in [2.24, 2.45) is 5.92 Å². The second-order valence-corrected chi connectivity index (χ2v) is 6.68. The zero-order valence-corrected chi connectivity index (χ0v) is 14.0. The van der Waals surface area contributed by atoms with Gasteiger partial charge in [0.05, 0.1) is 12.6 Å². The second-order valence-electron chi connectivity index (χ2n) is 5.77. The second kappa shape index (κ2) is 7.92. The smallest absolute Gasteiger partial charge is 0.234 e. The first-order chi connectivity index (χ1) is 10.1. The quantitative estimate of drug-likeness (QED) is 0.853. The number of halogens is 1. The van der Waals surface area contributed by atoms with Crippen molar-refractivity contribution >= 4 is 21.8 Å². The predicted molar refractivity (Wildman–Crippen MR) is 86.9 cm³/mol. The summed E-state index contributed by atoms with van der Waals surface area (Å²) in [5.41, 5.74) is 1.10. The molecule has 0 radical (unpaired) electrons. The Labute approximate surface area is 134 Å². The fourth-order valence-corrected chi connectivity index (χ4v) is 3.03. The summed E-state index contributed by atoms with van der Waals surface area (Å²) in [5, 5.41) is 12.3. The molecule has 2 rings (SSSR count). The molecule has 0 spiro atoms. The van der Waals surface area contributed by atoms with Crippen molar-refractivity contribution in [1.82, 2.24) is 10.2 Å². The standard InChI is InChI=1S/C16H23BrN2O2/c1-12(14-4-6-15(17)7-5-14)18-16(21)10-19-8-2-3-13(9-19)11-20/h4-7,12-13,20H,2-3,8-11H2,1H3,(H,18,21). The molecule has 21 heavy (non-hydrogen) atoms. The monoisotopic (exact) mass is 354 g/mol. The fraction of sp³-hybridized carbons (Fsp3) is 0.562. The van der Waals surface area contributed by atoms with Gasteiger partial charge >= 0.3 is 0 Å². The third-order valence-corrected chi connectivity index (χ3v) is 4.50. The minimum Gasteiger partial charge on any atom is -0.396 e. The van der Waals surface area contributed by atoms with E-state index in [1.807, 2.05) is 31.2 Å². The number of amides is 1. The molecule has 1 aromatic rings. The molecule has 4 nitrogen and oxygen atoms in total. The van der Waals surface area contributed by atoms with Crippen molar-refractivity contribution in [3.63, 3.8) is 0 Å². The van der Waals surface area contributed by atoms with Gasteiger partial charge < -0.3 is 10.4 Å². The number of likely N-dealkylation sites (tertiary alicyclic amines) is 1. The third-order valence-electron chi connectivity index (χ3n) is 3.98. The molecule has 2 atom stereocenters. The van der Waals surface area contributed by atoms with E-state index in [0.717, 1.165) is 36.0 Å². The Morgan fingerprint density at radius 1 is 1.48 bits per heavy atom. The number of carbonyl (C=O) groups excluding carboxylic acids is 1. The first-order valence-corrected chi connectivity index (χ1v) is 8.26. The molecule has 0 saturated carbocycles. The highest BCUT2D eigenvalue weighted by Crippen LogP contribution is 2.17. The maximum absolute atomic E-state index is 12.1. The highest BCUT2D eigenvalue weighted by Gasteiger charge is 2.21. The molecule has 1 aromatic carbocycles. The lowest BCUT2D eigenvalue weighted by Crippen LogP contribution is -2.43. The Balaban J connectivity index is 1.82. The molecule has 1 aliphatic heterocycles. The van der Waals surface area contributed by atoms with Crippen molar-refractivity contribution in [3.8, 4) is 0 Å². The number of aliphatic hydroxyl groups is 1. The summed E-state index contributed by atoms with van der Waals surface area (Å²) in [6.45, 7) is 4.38. The van der Waals surface area contributed by atoms with Gasteiger partial charge in [0.2, 0.25) is 5.91 Å². The summed E-state index contributed by atoms with van der Waals surface area (Å²) in [6, 6.07) is 7.99. The van der Waals surface area contributed by atoms with Crippen LogP contribution in [0.2, 0.25) is 0 Å². The molecule has 1 aliphatic rings. The van der Waals surface area contributed by atoms with Gasteiger partial charge in [-0.2, -0.15) is 0 Å². The zero-order chi connectivity index (χ0) is 15.2. The van der Waals surface area contributed by atoms with Crippen LogP contribution in [-0.2, 0) is 4.79 Å². The summed E-state index contributed by atoms with van der Waals surface area (Å²) in [7, 11) is 0. The van der Waals surface area contributed by atoms with Crippen LogP contribution in [0.15, 0.2) is 28.7 Å². The number of rotatable bonds is 5. The molecule has 1 saturated heterocycles. The fourth-order valence-electron chi connectivity index (χ4n) is 2.77.